The average molecular weight is 190 g/mol. The lowest BCUT2D eigenvalue weighted by atomic mass is 10.4. The summed E-state index contributed by atoms with van der Waals surface area (Å²) in [5.74, 6) is 2.53. The van der Waals surface area contributed by atoms with E-state index in [4.69, 9.17) is 4.74 Å². The normalized spacial score (nSPS) is 25.0. The van der Waals surface area contributed by atoms with Crippen molar-refractivity contribution in [3.05, 3.63) is 10.3 Å². The van der Waals surface area contributed by atoms with Gasteiger partial charge in [0.05, 0.1) is 6.61 Å². The predicted octanol–water partition coefficient (Wildman–Crippen LogP) is 2.73. The zero-order chi connectivity index (χ0) is 7.94. The molecule has 0 N–H and O–H groups in total. The highest BCUT2D eigenvalue weighted by atomic mass is 32.2. The molecule has 64 valence electrons. The third kappa shape index (κ3) is 4.09. The van der Waals surface area contributed by atoms with Crippen LogP contribution >= 0.6 is 23.5 Å². The van der Waals surface area contributed by atoms with Crippen molar-refractivity contribution in [3.63, 3.8) is 0 Å². The van der Waals surface area contributed by atoms with Gasteiger partial charge in [-0.25, -0.2) is 0 Å². The zero-order valence-electron chi connectivity index (χ0n) is 6.84. The van der Waals surface area contributed by atoms with Crippen molar-refractivity contribution in [3.8, 4) is 0 Å². The Morgan fingerprint density at radius 3 is 3.09 bits per heavy atom. The van der Waals surface area contributed by atoms with Gasteiger partial charge in [0.15, 0.2) is 0 Å². The van der Waals surface area contributed by atoms with Gasteiger partial charge in [0.1, 0.15) is 0 Å². The fourth-order valence-electron chi connectivity index (χ4n) is 0.895. The van der Waals surface area contributed by atoms with Crippen LogP contribution in [0, 0.1) is 0 Å². The molecule has 0 fully saturated rings. The molecule has 0 amide bonds. The Morgan fingerprint density at radius 2 is 2.27 bits per heavy atom. The maximum absolute atomic E-state index is 5.08. The van der Waals surface area contributed by atoms with E-state index in [9.17, 15) is 0 Å². The van der Waals surface area contributed by atoms with E-state index < -0.39 is 0 Å². The molecule has 0 aromatic rings. The van der Waals surface area contributed by atoms with Crippen molar-refractivity contribution in [1.82, 2.24) is 0 Å². The molecule has 1 aliphatic rings. The minimum absolute atomic E-state index is 0.789. The Hall–Kier alpha value is 0.400. The van der Waals surface area contributed by atoms with Gasteiger partial charge < -0.3 is 4.74 Å². The van der Waals surface area contributed by atoms with Crippen LogP contribution in [0.4, 0.5) is 0 Å². The van der Waals surface area contributed by atoms with Gasteiger partial charge >= 0.3 is 0 Å². The van der Waals surface area contributed by atoms with E-state index >= 15 is 0 Å². The fraction of sp³-hybridized carbons (Fsp3) is 0.750. The van der Waals surface area contributed by atoms with Crippen molar-refractivity contribution in [2.24, 2.45) is 0 Å². The summed E-state index contributed by atoms with van der Waals surface area (Å²) >= 11 is 3.85. The topological polar surface area (TPSA) is 9.23 Å². The zero-order valence-corrected chi connectivity index (χ0v) is 8.47. The molecule has 1 rings (SSSR count). The van der Waals surface area contributed by atoms with Crippen LogP contribution in [0.15, 0.2) is 10.3 Å². The highest BCUT2D eigenvalue weighted by Crippen LogP contribution is 2.24. The lowest BCUT2D eigenvalue weighted by Gasteiger charge is -2.08. The van der Waals surface area contributed by atoms with Crippen LogP contribution < -0.4 is 0 Å². The van der Waals surface area contributed by atoms with Crippen LogP contribution in [0.3, 0.4) is 0 Å². The van der Waals surface area contributed by atoms with Crippen molar-refractivity contribution in [2.75, 3.05) is 25.2 Å². The summed E-state index contributed by atoms with van der Waals surface area (Å²) in [6, 6.07) is 0. The monoisotopic (exact) mass is 190 g/mol. The van der Waals surface area contributed by atoms with E-state index in [1.807, 2.05) is 23.5 Å². The van der Waals surface area contributed by atoms with Gasteiger partial charge in [-0.15, -0.1) is 23.5 Å². The summed E-state index contributed by atoms with van der Waals surface area (Å²) < 4.78 is 5.08. The number of methoxy groups -OCH3 is 1. The standard InChI is InChI=1S/C8H14OS2/c1-9-6-8-7-10-4-2-3-5-11-8/h7H,2-6H2,1H3/b8-7-. The van der Waals surface area contributed by atoms with Crippen LogP contribution in [-0.2, 0) is 4.74 Å². The predicted molar refractivity (Wildman–Crippen MR) is 54.1 cm³/mol. The van der Waals surface area contributed by atoms with Crippen molar-refractivity contribution < 1.29 is 4.74 Å². The Balaban J connectivity index is 2.32. The van der Waals surface area contributed by atoms with E-state index in [0.29, 0.717) is 0 Å². The quantitative estimate of drug-likeness (QED) is 0.662. The number of hydrogen-bond donors (Lipinski definition) is 0. The van der Waals surface area contributed by atoms with E-state index in [2.05, 4.69) is 5.41 Å². The van der Waals surface area contributed by atoms with Gasteiger partial charge in [-0.05, 0) is 29.8 Å². The molecule has 0 radical (unpaired) electrons. The molecule has 0 unspecified atom stereocenters. The highest BCUT2D eigenvalue weighted by Gasteiger charge is 2.01. The molecule has 1 aliphatic heterocycles. The summed E-state index contributed by atoms with van der Waals surface area (Å²) in [7, 11) is 1.75. The number of hydrogen-bond acceptors (Lipinski definition) is 3. The molecule has 1 nitrogen and oxygen atoms in total. The lowest BCUT2D eigenvalue weighted by Crippen LogP contribution is -1.94. The molecule has 1 heterocycles. The van der Waals surface area contributed by atoms with Gasteiger partial charge in [-0.2, -0.15) is 0 Å². The largest absolute Gasteiger partial charge is 0.379 e. The summed E-state index contributed by atoms with van der Waals surface area (Å²) in [5.41, 5.74) is 0. The molecule has 11 heavy (non-hydrogen) atoms. The summed E-state index contributed by atoms with van der Waals surface area (Å²) in [4.78, 5) is 1.39. The maximum atomic E-state index is 5.08. The highest BCUT2D eigenvalue weighted by molar-refractivity contribution is 8.06. The maximum Gasteiger partial charge on any atom is 0.0776 e. The molecule has 0 spiro atoms. The molecule has 0 saturated heterocycles. The molecule has 0 aliphatic carbocycles. The van der Waals surface area contributed by atoms with E-state index in [1.165, 1.54) is 29.3 Å². The van der Waals surface area contributed by atoms with Gasteiger partial charge in [-0.1, -0.05) is 0 Å². The van der Waals surface area contributed by atoms with Gasteiger partial charge in [0.2, 0.25) is 0 Å². The second kappa shape index (κ2) is 5.98. The molecule has 0 aromatic carbocycles. The molecule has 0 bridgehead atoms. The minimum Gasteiger partial charge on any atom is -0.379 e. The second-order valence-corrected chi connectivity index (χ2v) is 4.64. The van der Waals surface area contributed by atoms with Gasteiger partial charge in [0, 0.05) is 12.0 Å². The molecule has 3 heteroatoms. The first kappa shape index (κ1) is 9.49. The molecular weight excluding hydrogens is 176 g/mol. The Morgan fingerprint density at radius 1 is 1.45 bits per heavy atom. The molecule has 0 atom stereocenters. The number of ether oxygens (including phenoxy) is 1. The Labute approximate surface area is 77.0 Å². The van der Waals surface area contributed by atoms with E-state index in [-0.39, 0.29) is 0 Å². The average Bonchev–Trinajstić information content (AvgIpc) is 1.94. The lowest BCUT2D eigenvalue weighted by molar-refractivity contribution is 0.231. The van der Waals surface area contributed by atoms with E-state index in [1.54, 1.807) is 7.11 Å². The Bertz CT molecular complexity index is 134. The fourth-order valence-corrected chi connectivity index (χ4v) is 2.93. The van der Waals surface area contributed by atoms with Crippen molar-refractivity contribution in [1.29, 1.82) is 0 Å². The molecular formula is C8H14OS2. The first-order valence-corrected chi connectivity index (χ1v) is 5.89. The van der Waals surface area contributed by atoms with Crippen LogP contribution in [0.2, 0.25) is 0 Å². The molecule has 0 saturated carbocycles. The summed E-state index contributed by atoms with van der Waals surface area (Å²) in [6.07, 6.45) is 2.70. The van der Waals surface area contributed by atoms with Gasteiger partial charge in [-0.3, -0.25) is 0 Å². The van der Waals surface area contributed by atoms with E-state index in [0.717, 1.165) is 6.61 Å². The molecule has 0 aromatic heterocycles. The summed E-state index contributed by atoms with van der Waals surface area (Å²) in [5, 5.41) is 2.24. The van der Waals surface area contributed by atoms with Crippen LogP contribution in [0.1, 0.15) is 12.8 Å². The first-order chi connectivity index (χ1) is 5.43. The third-order valence-electron chi connectivity index (χ3n) is 1.45. The first-order valence-electron chi connectivity index (χ1n) is 3.86. The third-order valence-corrected chi connectivity index (χ3v) is 3.67. The SMILES string of the molecule is COC/C1=C/SCCCCS1. The number of thioether (sulfide) groups is 2. The van der Waals surface area contributed by atoms with Crippen LogP contribution in [0.5, 0.6) is 0 Å². The Kier molecular flexibility index (Phi) is 5.15. The second-order valence-electron chi connectivity index (χ2n) is 2.44. The van der Waals surface area contributed by atoms with Crippen molar-refractivity contribution in [2.45, 2.75) is 12.8 Å². The van der Waals surface area contributed by atoms with Gasteiger partial charge in [0.25, 0.3) is 0 Å². The summed E-state index contributed by atoms with van der Waals surface area (Å²) in [6.45, 7) is 0.789. The minimum atomic E-state index is 0.789. The smallest absolute Gasteiger partial charge is 0.0776 e. The van der Waals surface area contributed by atoms with Crippen LogP contribution in [-0.4, -0.2) is 25.2 Å². The van der Waals surface area contributed by atoms with Crippen LogP contribution in [0.25, 0.3) is 0 Å². The number of rotatable bonds is 2. The van der Waals surface area contributed by atoms with Crippen molar-refractivity contribution >= 4 is 23.5 Å².